The van der Waals surface area contributed by atoms with Crippen molar-refractivity contribution in [2.75, 3.05) is 0 Å². The van der Waals surface area contributed by atoms with Crippen molar-refractivity contribution >= 4 is 11.8 Å². The average Bonchev–Trinajstić information content (AvgIpc) is 2.47. The molecular formula is C16H24N2S. The third-order valence-electron chi connectivity index (χ3n) is 4.39. The fourth-order valence-corrected chi connectivity index (χ4v) is 4.59. The lowest BCUT2D eigenvalue weighted by Crippen LogP contribution is -2.13. The van der Waals surface area contributed by atoms with E-state index in [1.54, 1.807) is 0 Å². The normalized spacial score (nSPS) is 20.3. The first-order chi connectivity index (χ1) is 9.36. The fourth-order valence-electron chi connectivity index (χ4n) is 3.25. The topological polar surface area (TPSA) is 38.9 Å². The molecule has 0 aromatic carbocycles. The molecule has 2 aliphatic carbocycles. The highest BCUT2D eigenvalue weighted by atomic mass is 32.2. The highest BCUT2D eigenvalue weighted by Gasteiger charge is 2.19. The van der Waals surface area contributed by atoms with Crippen molar-refractivity contribution in [2.45, 2.75) is 74.6 Å². The minimum absolute atomic E-state index is 0.634. The summed E-state index contributed by atoms with van der Waals surface area (Å²) < 4.78 is 0. The van der Waals surface area contributed by atoms with Gasteiger partial charge >= 0.3 is 0 Å². The van der Waals surface area contributed by atoms with Crippen LogP contribution < -0.4 is 5.73 Å². The summed E-state index contributed by atoms with van der Waals surface area (Å²) in [6, 6.07) is 2.34. The lowest BCUT2D eigenvalue weighted by atomic mass is 9.95. The molecule has 2 nitrogen and oxygen atoms in total. The van der Waals surface area contributed by atoms with Crippen LogP contribution in [0.4, 0.5) is 0 Å². The first-order valence-electron chi connectivity index (χ1n) is 7.75. The number of rotatable bonds is 3. The molecule has 0 unspecified atom stereocenters. The predicted octanol–water partition coefficient (Wildman–Crippen LogP) is 3.84. The number of thioether (sulfide) groups is 1. The molecule has 0 bridgehead atoms. The molecule has 1 aromatic rings. The maximum atomic E-state index is 5.94. The molecule has 2 N–H and O–H groups in total. The van der Waals surface area contributed by atoms with E-state index in [-0.39, 0.29) is 0 Å². The summed E-state index contributed by atoms with van der Waals surface area (Å²) in [5, 5.41) is 2.00. The molecular weight excluding hydrogens is 252 g/mol. The number of nitrogens with two attached hydrogens (primary N) is 1. The van der Waals surface area contributed by atoms with E-state index in [9.17, 15) is 0 Å². The molecule has 1 heterocycles. The Morgan fingerprint density at radius 2 is 1.89 bits per heavy atom. The van der Waals surface area contributed by atoms with Gasteiger partial charge in [0.25, 0.3) is 0 Å². The number of hydrogen-bond acceptors (Lipinski definition) is 3. The van der Waals surface area contributed by atoms with E-state index in [1.807, 2.05) is 11.8 Å². The standard InChI is InChI=1S/C16H24N2S/c17-11-13-10-12-6-4-5-9-15(12)18-16(13)19-14-7-2-1-3-8-14/h10,14H,1-9,11,17H2. The molecule has 1 fully saturated rings. The average molecular weight is 276 g/mol. The van der Waals surface area contributed by atoms with E-state index in [2.05, 4.69) is 6.07 Å². The van der Waals surface area contributed by atoms with Crippen molar-refractivity contribution in [3.8, 4) is 0 Å². The first-order valence-corrected chi connectivity index (χ1v) is 8.63. The summed E-state index contributed by atoms with van der Waals surface area (Å²) in [5.74, 6) is 0. The van der Waals surface area contributed by atoms with Crippen molar-refractivity contribution in [1.82, 2.24) is 4.98 Å². The van der Waals surface area contributed by atoms with Gasteiger partial charge < -0.3 is 5.73 Å². The maximum absolute atomic E-state index is 5.94. The summed E-state index contributed by atoms with van der Waals surface area (Å²) in [7, 11) is 0. The molecule has 1 saturated carbocycles. The Bertz CT molecular complexity index is 439. The van der Waals surface area contributed by atoms with Crippen LogP contribution in [-0.2, 0) is 19.4 Å². The Kier molecular flexibility index (Phi) is 4.44. The fraction of sp³-hybridized carbons (Fsp3) is 0.688. The van der Waals surface area contributed by atoms with Gasteiger partial charge in [0.1, 0.15) is 5.03 Å². The third kappa shape index (κ3) is 3.14. The molecule has 0 aliphatic heterocycles. The van der Waals surface area contributed by atoms with Crippen LogP contribution in [0.15, 0.2) is 11.1 Å². The lowest BCUT2D eigenvalue weighted by molar-refractivity contribution is 0.515. The summed E-state index contributed by atoms with van der Waals surface area (Å²) in [4.78, 5) is 4.96. The monoisotopic (exact) mass is 276 g/mol. The molecule has 3 rings (SSSR count). The molecule has 0 atom stereocenters. The summed E-state index contributed by atoms with van der Waals surface area (Å²) >= 11 is 2.00. The summed E-state index contributed by atoms with van der Waals surface area (Å²) in [6.07, 6.45) is 11.9. The van der Waals surface area contributed by atoms with Crippen LogP contribution in [0.1, 0.15) is 61.8 Å². The molecule has 1 aromatic heterocycles. The molecule has 0 saturated heterocycles. The van der Waals surface area contributed by atoms with Gasteiger partial charge in [-0.25, -0.2) is 4.98 Å². The number of nitrogens with zero attached hydrogens (tertiary/aromatic N) is 1. The maximum Gasteiger partial charge on any atom is 0.101 e. The van der Waals surface area contributed by atoms with E-state index in [0.717, 1.165) is 5.25 Å². The molecule has 0 amide bonds. The molecule has 104 valence electrons. The summed E-state index contributed by atoms with van der Waals surface area (Å²) in [5.41, 5.74) is 10.0. The van der Waals surface area contributed by atoms with Crippen LogP contribution in [-0.4, -0.2) is 10.2 Å². The number of pyridine rings is 1. The number of aromatic nitrogens is 1. The van der Waals surface area contributed by atoms with Crippen molar-refractivity contribution in [1.29, 1.82) is 0 Å². The van der Waals surface area contributed by atoms with Gasteiger partial charge in [0.2, 0.25) is 0 Å². The van der Waals surface area contributed by atoms with Crippen LogP contribution in [0, 0.1) is 0 Å². The molecule has 0 spiro atoms. The van der Waals surface area contributed by atoms with Gasteiger partial charge in [-0.05, 0) is 49.7 Å². The second-order valence-corrected chi connectivity index (χ2v) is 7.14. The van der Waals surface area contributed by atoms with E-state index < -0.39 is 0 Å². The van der Waals surface area contributed by atoms with Crippen molar-refractivity contribution in [3.63, 3.8) is 0 Å². The summed E-state index contributed by atoms with van der Waals surface area (Å²) in [6.45, 7) is 0.634. The third-order valence-corrected chi connectivity index (χ3v) is 5.77. The zero-order chi connectivity index (χ0) is 13.1. The number of fused-ring (bicyclic) bond motifs is 1. The smallest absolute Gasteiger partial charge is 0.101 e. The second-order valence-electron chi connectivity index (χ2n) is 5.85. The molecule has 0 radical (unpaired) electrons. The second kappa shape index (κ2) is 6.27. The van der Waals surface area contributed by atoms with Crippen LogP contribution in [0.2, 0.25) is 0 Å². The largest absolute Gasteiger partial charge is 0.326 e. The minimum Gasteiger partial charge on any atom is -0.326 e. The van der Waals surface area contributed by atoms with Crippen LogP contribution in [0.5, 0.6) is 0 Å². The SMILES string of the molecule is NCc1cc2c(nc1SC1CCCCC1)CCCC2. The van der Waals surface area contributed by atoms with E-state index >= 15 is 0 Å². The molecule has 19 heavy (non-hydrogen) atoms. The first kappa shape index (κ1) is 13.4. The highest BCUT2D eigenvalue weighted by molar-refractivity contribution is 7.99. The van der Waals surface area contributed by atoms with E-state index in [0.29, 0.717) is 6.54 Å². The van der Waals surface area contributed by atoms with Crippen molar-refractivity contribution in [2.24, 2.45) is 5.73 Å². The van der Waals surface area contributed by atoms with Gasteiger partial charge in [0.15, 0.2) is 0 Å². The molecule has 2 aliphatic rings. The zero-order valence-corrected chi connectivity index (χ0v) is 12.5. The Morgan fingerprint density at radius 3 is 2.68 bits per heavy atom. The van der Waals surface area contributed by atoms with Crippen LogP contribution in [0.25, 0.3) is 0 Å². The highest BCUT2D eigenvalue weighted by Crippen LogP contribution is 2.35. The van der Waals surface area contributed by atoms with Gasteiger partial charge in [-0.15, -0.1) is 11.8 Å². The Morgan fingerprint density at radius 1 is 1.11 bits per heavy atom. The Labute approximate surface area is 120 Å². The Hall–Kier alpha value is -0.540. The quantitative estimate of drug-likeness (QED) is 0.911. The molecule has 3 heteroatoms. The van der Waals surface area contributed by atoms with Gasteiger partial charge in [0.05, 0.1) is 0 Å². The van der Waals surface area contributed by atoms with E-state index in [4.69, 9.17) is 10.7 Å². The van der Waals surface area contributed by atoms with Crippen LogP contribution in [0.3, 0.4) is 0 Å². The van der Waals surface area contributed by atoms with Gasteiger partial charge in [-0.3, -0.25) is 0 Å². The number of aryl methyl sites for hydroxylation is 2. The van der Waals surface area contributed by atoms with Gasteiger partial charge in [-0.1, -0.05) is 25.3 Å². The zero-order valence-electron chi connectivity index (χ0n) is 11.7. The Balaban J connectivity index is 1.82. The van der Waals surface area contributed by atoms with Gasteiger partial charge in [0, 0.05) is 17.5 Å². The number of hydrogen-bond donors (Lipinski definition) is 1. The van der Waals surface area contributed by atoms with Gasteiger partial charge in [-0.2, -0.15) is 0 Å². The van der Waals surface area contributed by atoms with Crippen molar-refractivity contribution < 1.29 is 0 Å². The lowest BCUT2D eigenvalue weighted by Gasteiger charge is -2.23. The minimum atomic E-state index is 0.634. The van der Waals surface area contributed by atoms with E-state index in [1.165, 1.54) is 79.6 Å². The van der Waals surface area contributed by atoms with Crippen molar-refractivity contribution in [3.05, 3.63) is 22.9 Å². The van der Waals surface area contributed by atoms with Crippen LogP contribution >= 0.6 is 11.8 Å². The predicted molar refractivity (Wildman–Crippen MR) is 81.5 cm³/mol.